The lowest BCUT2D eigenvalue weighted by atomic mass is 10.3. The molecule has 0 aliphatic heterocycles. The van der Waals surface area contributed by atoms with Gasteiger partial charge < -0.3 is 11.1 Å². The zero-order valence-corrected chi connectivity index (χ0v) is 9.28. The molecule has 0 unspecified atom stereocenters. The van der Waals surface area contributed by atoms with E-state index in [1.54, 1.807) is 12.4 Å². The Bertz CT molecular complexity index is 470. The lowest BCUT2D eigenvalue weighted by Crippen LogP contribution is -2.04. The molecule has 1 heterocycles. The van der Waals surface area contributed by atoms with E-state index >= 15 is 0 Å². The van der Waals surface area contributed by atoms with Crippen molar-refractivity contribution in [1.82, 2.24) is 9.97 Å². The summed E-state index contributed by atoms with van der Waals surface area (Å²) in [4.78, 5) is 8.17. The van der Waals surface area contributed by atoms with Gasteiger partial charge in [0.15, 0.2) is 0 Å². The Kier molecular flexibility index (Phi) is 3.22. The van der Waals surface area contributed by atoms with Crippen LogP contribution in [0.25, 0.3) is 0 Å². The molecule has 3 N–H and O–H groups in total. The Morgan fingerprint density at radius 2 is 2.00 bits per heavy atom. The number of rotatable bonds is 3. The first-order valence-corrected chi connectivity index (χ1v) is 5.18. The van der Waals surface area contributed by atoms with E-state index < -0.39 is 0 Å². The van der Waals surface area contributed by atoms with Crippen molar-refractivity contribution in [1.29, 1.82) is 0 Å². The van der Waals surface area contributed by atoms with Gasteiger partial charge in [-0.3, -0.25) is 0 Å². The van der Waals surface area contributed by atoms with Gasteiger partial charge in [0.1, 0.15) is 5.82 Å². The Hall–Kier alpha value is -1.81. The molecule has 0 amide bonds. The second kappa shape index (κ2) is 4.81. The highest BCUT2D eigenvalue weighted by molar-refractivity contribution is 6.30. The molecule has 2 rings (SSSR count). The summed E-state index contributed by atoms with van der Waals surface area (Å²) in [6.45, 7) is 0.542. The number of nitrogens with two attached hydrogens (primary N) is 1. The highest BCUT2D eigenvalue weighted by atomic mass is 35.5. The minimum Gasteiger partial charge on any atom is -0.396 e. The van der Waals surface area contributed by atoms with E-state index in [-0.39, 0.29) is 0 Å². The molecule has 0 saturated carbocycles. The Morgan fingerprint density at radius 3 is 2.69 bits per heavy atom. The summed E-state index contributed by atoms with van der Waals surface area (Å²) in [5, 5.41) is 3.87. The fourth-order valence-corrected chi connectivity index (χ4v) is 1.43. The van der Waals surface area contributed by atoms with E-state index in [1.807, 2.05) is 24.3 Å². The summed E-state index contributed by atoms with van der Waals surface area (Å²) in [6.07, 6.45) is 3.17. The van der Waals surface area contributed by atoms with Gasteiger partial charge in [-0.15, -0.1) is 0 Å². The van der Waals surface area contributed by atoms with E-state index in [1.165, 1.54) is 0 Å². The summed E-state index contributed by atoms with van der Waals surface area (Å²) in [6, 6.07) is 7.49. The lowest BCUT2D eigenvalue weighted by Gasteiger charge is -2.05. The molecule has 82 valence electrons. The third-order valence-corrected chi connectivity index (χ3v) is 2.24. The van der Waals surface area contributed by atoms with Crippen molar-refractivity contribution in [2.24, 2.45) is 0 Å². The molecule has 16 heavy (non-hydrogen) atoms. The highest BCUT2D eigenvalue weighted by Crippen LogP contribution is 2.15. The van der Waals surface area contributed by atoms with Crippen LogP contribution in [0.4, 0.5) is 11.4 Å². The monoisotopic (exact) mass is 234 g/mol. The van der Waals surface area contributed by atoms with Crippen LogP contribution in [0, 0.1) is 0 Å². The third kappa shape index (κ3) is 2.84. The second-order valence-electron chi connectivity index (χ2n) is 3.30. The van der Waals surface area contributed by atoms with E-state index in [9.17, 15) is 0 Å². The number of nitrogen functional groups attached to an aromatic ring is 1. The molecule has 0 atom stereocenters. The number of nitrogens with one attached hydrogen (secondary N) is 1. The first-order valence-electron chi connectivity index (χ1n) is 4.80. The fourth-order valence-electron chi connectivity index (χ4n) is 1.24. The maximum atomic E-state index is 5.86. The first-order chi connectivity index (χ1) is 7.74. The molecule has 0 radical (unpaired) electrons. The van der Waals surface area contributed by atoms with Crippen LogP contribution >= 0.6 is 11.6 Å². The number of halogens is 1. The van der Waals surface area contributed by atoms with Gasteiger partial charge in [0.05, 0.1) is 24.6 Å². The average molecular weight is 235 g/mol. The SMILES string of the molecule is Nc1cnc(CNc2cccc(Cl)c2)nc1. The van der Waals surface area contributed by atoms with E-state index in [0.29, 0.717) is 23.1 Å². The van der Waals surface area contributed by atoms with Crippen LogP contribution in [0.3, 0.4) is 0 Å². The van der Waals surface area contributed by atoms with Gasteiger partial charge in [0.2, 0.25) is 0 Å². The van der Waals surface area contributed by atoms with Crippen LogP contribution in [-0.4, -0.2) is 9.97 Å². The molecular formula is C11H11ClN4. The van der Waals surface area contributed by atoms with Gasteiger partial charge in [-0.25, -0.2) is 9.97 Å². The summed E-state index contributed by atoms with van der Waals surface area (Å²) in [5.41, 5.74) is 6.99. The normalized spacial score (nSPS) is 10.1. The second-order valence-corrected chi connectivity index (χ2v) is 3.73. The maximum absolute atomic E-state index is 5.86. The topological polar surface area (TPSA) is 63.8 Å². The smallest absolute Gasteiger partial charge is 0.147 e. The van der Waals surface area contributed by atoms with Crippen LogP contribution in [0.5, 0.6) is 0 Å². The molecule has 0 bridgehead atoms. The largest absolute Gasteiger partial charge is 0.396 e. The lowest BCUT2D eigenvalue weighted by molar-refractivity contribution is 0.951. The molecular weight excluding hydrogens is 224 g/mol. The zero-order chi connectivity index (χ0) is 11.4. The standard InChI is InChI=1S/C11H11ClN4/c12-8-2-1-3-10(4-8)14-7-11-15-5-9(13)6-16-11/h1-6,14H,7,13H2. The number of hydrogen-bond donors (Lipinski definition) is 2. The summed E-state index contributed by atoms with van der Waals surface area (Å²) < 4.78 is 0. The van der Waals surface area contributed by atoms with Gasteiger partial charge >= 0.3 is 0 Å². The molecule has 0 fully saturated rings. The molecule has 0 saturated heterocycles. The summed E-state index contributed by atoms with van der Waals surface area (Å²) in [5.74, 6) is 0.689. The van der Waals surface area contributed by atoms with E-state index in [2.05, 4.69) is 15.3 Å². The number of hydrogen-bond acceptors (Lipinski definition) is 4. The quantitative estimate of drug-likeness (QED) is 0.856. The van der Waals surface area contributed by atoms with Crippen molar-refractivity contribution in [3.05, 3.63) is 47.5 Å². The van der Waals surface area contributed by atoms with Gasteiger partial charge in [-0.1, -0.05) is 17.7 Å². The maximum Gasteiger partial charge on any atom is 0.147 e. The van der Waals surface area contributed by atoms with E-state index in [0.717, 1.165) is 5.69 Å². The molecule has 4 nitrogen and oxygen atoms in total. The molecule has 5 heteroatoms. The number of benzene rings is 1. The number of anilines is 2. The molecule has 0 aliphatic carbocycles. The van der Waals surface area contributed by atoms with E-state index in [4.69, 9.17) is 17.3 Å². The van der Waals surface area contributed by atoms with Crippen molar-refractivity contribution in [2.75, 3.05) is 11.1 Å². The van der Waals surface area contributed by atoms with Crippen molar-refractivity contribution in [3.8, 4) is 0 Å². The Labute approximate surface area is 98.5 Å². The average Bonchev–Trinajstić information content (AvgIpc) is 2.28. The van der Waals surface area contributed by atoms with Crippen molar-refractivity contribution in [3.63, 3.8) is 0 Å². The van der Waals surface area contributed by atoms with Crippen LogP contribution in [0.1, 0.15) is 5.82 Å². The molecule has 2 aromatic rings. The summed E-state index contributed by atoms with van der Waals surface area (Å²) >= 11 is 5.86. The van der Waals surface area contributed by atoms with Crippen LogP contribution in [0.15, 0.2) is 36.7 Å². The van der Waals surface area contributed by atoms with Crippen molar-refractivity contribution < 1.29 is 0 Å². The van der Waals surface area contributed by atoms with Gasteiger partial charge in [0.25, 0.3) is 0 Å². The molecule has 1 aromatic heterocycles. The van der Waals surface area contributed by atoms with Crippen LogP contribution < -0.4 is 11.1 Å². The number of nitrogens with zero attached hydrogens (tertiary/aromatic N) is 2. The zero-order valence-electron chi connectivity index (χ0n) is 8.52. The third-order valence-electron chi connectivity index (χ3n) is 2.00. The van der Waals surface area contributed by atoms with Gasteiger partial charge in [0, 0.05) is 10.7 Å². The Morgan fingerprint density at radius 1 is 1.25 bits per heavy atom. The number of aromatic nitrogens is 2. The predicted octanol–water partition coefficient (Wildman–Crippen LogP) is 2.32. The highest BCUT2D eigenvalue weighted by Gasteiger charge is 1.97. The van der Waals surface area contributed by atoms with Crippen molar-refractivity contribution in [2.45, 2.75) is 6.54 Å². The van der Waals surface area contributed by atoms with Crippen LogP contribution in [0.2, 0.25) is 5.02 Å². The fraction of sp³-hybridized carbons (Fsp3) is 0.0909. The minimum absolute atomic E-state index is 0.542. The van der Waals surface area contributed by atoms with Gasteiger partial charge in [-0.2, -0.15) is 0 Å². The summed E-state index contributed by atoms with van der Waals surface area (Å²) in [7, 11) is 0. The molecule has 1 aromatic carbocycles. The molecule has 0 spiro atoms. The first kappa shape index (κ1) is 10.7. The Balaban J connectivity index is 1.99. The van der Waals surface area contributed by atoms with Crippen LogP contribution in [-0.2, 0) is 6.54 Å². The molecule has 0 aliphatic rings. The minimum atomic E-state index is 0.542. The van der Waals surface area contributed by atoms with Crippen molar-refractivity contribution >= 4 is 23.0 Å². The van der Waals surface area contributed by atoms with Gasteiger partial charge in [-0.05, 0) is 18.2 Å². The predicted molar refractivity (Wildman–Crippen MR) is 65.2 cm³/mol.